The van der Waals surface area contributed by atoms with Gasteiger partial charge in [0.1, 0.15) is 0 Å². The molecule has 0 radical (unpaired) electrons. The number of carbonyl (C=O) groups is 2. The molecule has 0 aliphatic carbocycles. The predicted molar refractivity (Wildman–Crippen MR) is 94.4 cm³/mol. The maximum Gasteiger partial charge on any atom is 0.242 e. The average molecular weight is 332 g/mol. The minimum Gasteiger partial charge on any atom is -0.347 e. The van der Waals surface area contributed by atoms with E-state index in [-0.39, 0.29) is 24.3 Å². The van der Waals surface area contributed by atoms with Crippen molar-refractivity contribution in [1.29, 1.82) is 0 Å². The lowest BCUT2D eigenvalue weighted by Gasteiger charge is -2.34. The Hall–Kier alpha value is -1.92. The number of amides is 2. The molecule has 1 fully saturated rings. The van der Waals surface area contributed by atoms with Crippen LogP contribution in [0.3, 0.4) is 0 Å². The third-order valence-corrected chi connectivity index (χ3v) is 4.35. The Morgan fingerprint density at radius 3 is 2.42 bits per heavy atom. The number of nitrogens with zero attached hydrogens (tertiary/aromatic N) is 2. The second kappa shape index (κ2) is 9.39. The maximum absolute atomic E-state index is 12.2. The third kappa shape index (κ3) is 5.62. The van der Waals surface area contributed by atoms with Crippen LogP contribution in [0.4, 0.5) is 0 Å². The second-order valence-corrected chi connectivity index (χ2v) is 6.32. The third-order valence-electron chi connectivity index (χ3n) is 4.35. The number of hydrogen-bond acceptors (Lipinski definition) is 4. The van der Waals surface area contributed by atoms with E-state index in [4.69, 9.17) is 0 Å². The molecule has 132 valence electrons. The summed E-state index contributed by atoms with van der Waals surface area (Å²) in [6.07, 6.45) is 0. The lowest BCUT2D eigenvalue weighted by Crippen LogP contribution is -2.51. The fourth-order valence-corrected chi connectivity index (χ4v) is 2.84. The van der Waals surface area contributed by atoms with Crippen LogP contribution in [0.5, 0.6) is 0 Å². The predicted octanol–water partition coefficient (Wildman–Crippen LogP) is 0.303. The molecule has 1 aromatic rings. The molecular weight excluding hydrogens is 304 g/mol. The molecule has 0 bridgehead atoms. The first-order valence-electron chi connectivity index (χ1n) is 8.56. The molecule has 1 aliphatic heterocycles. The zero-order chi connectivity index (χ0) is 17.4. The Kier molecular flexibility index (Phi) is 7.21. The van der Waals surface area contributed by atoms with Gasteiger partial charge in [-0.25, -0.2) is 0 Å². The molecule has 6 heteroatoms. The maximum atomic E-state index is 12.2. The lowest BCUT2D eigenvalue weighted by molar-refractivity contribution is -0.135. The highest BCUT2D eigenvalue weighted by molar-refractivity contribution is 5.85. The van der Waals surface area contributed by atoms with Crippen LogP contribution in [-0.2, 0) is 16.1 Å². The quantitative estimate of drug-likeness (QED) is 0.754. The van der Waals surface area contributed by atoms with Gasteiger partial charge in [0.2, 0.25) is 11.8 Å². The summed E-state index contributed by atoms with van der Waals surface area (Å²) in [6, 6.07) is 10.4. The second-order valence-electron chi connectivity index (χ2n) is 6.32. The van der Waals surface area contributed by atoms with Crippen LogP contribution in [0.2, 0.25) is 0 Å². The summed E-state index contributed by atoms with van der Waals surface area (Å²) in [7, 11) is 1.81. The highest BCUT2D eigenvalue weighted by Gasteiger charge is 2.22. The summed E-state index contributed by atoms with van der Waals surface area (Å²) >= 11 is 0. The summed E-state index contributed by atoms with van der Waals surface area (Å²) in [5.74, 6) is -0.217. The minimum absolute atomic E-state index is 0.000584. The molecule has 1 aliphatic rings. The summed E-state index contributed by atoms with van der Waals surface area (Å²) in [5.41, 5.74) is 1.29. The van der Waals surface area contributed by atoms with Crippen molar-refractivity contribution >= 4 is 11.8 Å². The normalized spacial score (nSPS) is 16.7. The van der Waals surface area contributed by atoms with Gasteiger partial charge in [-0.05, 0) is 12.6 Å². The summed E-state index contributed by atoms with van der Waals surface area (Å²) in [4.78, 5) is 28.3. The van der Waals surface area contributed by atoms with Crippen LogP contribution < -0.4 is 10.6 Å². The summed E-state index contributed by atoms with van der Waals surface area (Å²) in [6.45, 7) is 6.63. The number of hydrogen-bond donors (Lipinski definition) is 2. The number of piperazine rings is 1. The zero-order valence-corrected chi connectivity index (χ0v) is 14.6. The van der Waals surface area contributed by atoms with E-state index in [0.717, 1.165) is 19.6 Å². The van der Waals surface area contributed by atoms with Gasteiger partial charge in [0.15, 0.2) is 0 Å². The van der Waals surface area contributed by atoms with E-state index in [0.29, 0.717) is 19.6 Å². The molecule has 2 rings (SSSR count). The molecule has 1 atom stereocenters. The molecule has 0 saturated carbocycles. The van der Waals surface area contributed by atoms with Gasteiger partial charge in [-0.3, -0.25) is 14.5 Å². The van der Waals surface area contributed by atoms with Crippen molar-refractivity contribution in [3.8, 4) is 0 Å². The summed E-state index contributed by atoms with van der Waals surface area (Å²) < 4.78 is 0. The average Bonchev–Trinajstić information content (AvgIpc) is 2.61. The Labute approximate surface area is 144 Å². The largest absolute Gasteiger partial charge is 0.347 e. The van der Waals surface area contributed by atoms with E-state index in [1.807, 2.05) is 37.1 Å². The van der Waals surface area contributed by atoms with Crippen LogP contribution in [0, 0.1) is 5.92 Å². The van der Waals surface area contributed by atoms with E-state index in [1.165, 1.54) is 5.56 Å². The monoisotopic (exact) mass is 332 g/mol. The molecule has 24 heavy (non-hydrogen) atoms. The number of carbonyl (C=O) groups excluding carboxylic acids is 2. The number of rotatable bonds is 7. The van der Waals surface area contributed by atoms with Crippen molar-refractivity contribution in [1.82, 2.24) is 20.4 Å². The van der Waals surface area contributed by atoms with Crippen LogP contribution >= 0.6 is 0 Å². The molecular formula is C18H28N4O2. The molecule has 6 nitrogen and oxygen atoms in total. The molecule has 1 unspecified atom stereocenters. The minimum atomic E-state index is -0.134. The van der Waals surface area contributed by atoms with Crippen LogP contribution in [0.25, 0.3) is 0 Å². The van der Waals surface area contributed by atoms with Crippen molar-refractivity contribution in [2.24, 2.45) is 5.92 Å². The topological polar surface area (TPSA) is 64.7 Å². The molecule has 0 aromatic heterocycles. The van der Waals surface area contributed by atoms with Gasteiger partial charge in [0.05, 0.1) is 6.54 Å². The smallest absolute Gasteiger partial charge is 0.242 e. The van der Waals surface area contributed by atoms with Crippen LogP contribution in [0.15, 0.2) is 30.3 Å². The van der Waals surface area contributed by atoms with Gasteiger partial charge < -0.3 is 15.5 Å². The Morgan fingerprint density at radius 2 is 1.79 bits per heavy atom. The van der Waals surface area contributed by atoms with Crippen LogP contribution in [-0.4, -0.2) is 67.9 Å². The standard InChI is InChI=1S/C18H28N4O2/c1-15(12-19-2)18(24)20-13-17(23)22-10-8-21(9-11-22)14-16-6-4-3-5-7-16/h3-7,15,19H,8-14H2,1-2H3,(H,20,24). The Morgan fingerprint density at radius 1 is 1.12 bits per heavy atom. The van der Waals surface area contributed by atoms with Gasteiger partial charge in [-0.2, -0.15) is 0 Å². The van der Waals surface area contributed by atoms with E-state index >= 15 is 0 Å². The van der Waals surface area contributed by atoms with Crippen molar-refractivity contribution in [2.45, 2.75) is 13.5 Å². The first-order chi connectivity index (χ1) is 11.6. The van der Waals surface area contributed by atoms with E-state index in [1.54, 1.807) is 0 Å². The number of nitrogens with one attached hydrogen (secondary N) is 2. The van der Waals surface area contributed by atoms with Crippen LogP contribution in [0.1, 0.15) is 12.5 Å². The Balaban J connectivity index is 1.70. The van der Waals surface area contributed by atoms with Gasteiger partial charge in [-0.15, -0.1) is 0 Å². The zero-order valence-electron chi connectivity index (χ0n) is 14.6. The molecule has 0 spiro atoms. The number of benzene rings is 1. The van der Waals surface area contributed by atoms with Crippen molar-refractivity contribution in [2.75, 3.05) is 46.3 Å². The van der Waals surface area contributed by atoms with E-state index < -0.39 is 0 Å². The van der Waals surface area contributed by atoms with Crippen molar-refractivity contribution in [3.63, 3.8) is 0 Å². The van der Waals surface area contributed by atoms with Gasteiger partial charge in [0, 0.05) is 45.2 Å². The van der Waals surface area contributed by atoms with E-state index in [9.17, 15) is 9.59 Å². The van der Waals surface area contributed by atoms with Crippen molar-refractivity contribution < 1.29 is 9.59 Å². The first-order valence-corrected chi connectivity index (χ1v) is 8.56. The molecule has 2 N–H and O–H groups in total. The molecule has 1 saturated heterocycles. The summed E-state index contributed by atoms with van der Waals surface area (Å²) in [5, 5.41) is 5.69. The highest BCUT2D eigenvalue weighted by Crippen LogP contribution is 2.08. The molecule has 1 aromatic carbocycles. The van der Waals surface area contributed by atoms with Gasteiger partial charge in [-0.1, -0.05) is 37.3 Å². The van der Waals surface area contributed by atoms with Gasteiger partial charge >= 0.3 is 0 Å². The lowest BCUT2D eigenvalue weighted by atomic mass is 10.1. The first kappa shape index (κ1) is 18.4. The molecule has 1 heterocycles. The van der Waals surface area contributed by atoms with Gasteiger partial charge in [0.25, 0.3) is 0 Å². The highest BCUT2D eigenvalue weighted by atomic mass is 16.2. The molecule has 2 amide bonds. The fraction of sp³-hybridized carbons (Fsp3) is 0.556. The Bertz CT molecular complexity index is 527. The SMILES string of the molecule is CNCC(C)C(=O)NCC(=O)N1CCN(Cc2ccccc2)CC1. The fourth-order valence-electron chi connectivity index (χ4n) is 2.84. The van der Waals surface area contributed by atoms with Crippen molar-refractivity contribution in [3.05, 3.63) is 35.9 Å². The van der Waals surface area contributed by atoms with E-state index in [2.05, 4.69) is 27.7 Å².